The van der Waals surface area contributed by atoms with Crippen LogP contribution in [0.25, 0.3) is 21.8 Å². The molecule has 0 aliphatic rings. The second kappa shape index (κ2) is 3.56. The largest absolute Gasteiger partial charge is 0.298 e. The van der Waals surface area contributed by atoms with Gasteiger partial charge in [-0.1, -0.05) is 30.3 Å². The van der Waals surface area contributed by atoms with Crippen LogP contribution in [-0.2, 0) is 4.79 Å². The zero-order chi connectivity index (χ0) is 11.8. The van der Waals surface area contributed by atoms with Crippen molar-refractivity contribution in [2.24, 2.45) is 0 Å². The van der Waals surface area contributed by atoms with Crippen molar-refractivity contribution in [1.29, 1.82) is 0 Å². The maximum absolute atomic E-state index is 11.2. The summed E-state index contributed by atoms with van der Waals surface area (Å²) >= 11 is 0. The molecule has 0 unspecified atom stereocenters. The van der Waals surface area contributed by atoms with Crippen molar-refractivity contribution < 1.29 is 9.59 Å². The summed E-state index contributed by atoms with van der Waals surface area (Å²) in [5.74, 6) is 0. The van der Waals surface area contributed by atoms with Crippen LogP contribution in [0.3, 0.4) is 0 Å². The molecule has 0 radical (unpaired) electrons. The highest BCUT2D eigenvalue weighted by Crippen LogP contribution is 2.28. The van der Waals surface area contributed by atoms with Crippen LogP contribution >= 0.6 is 0 Å². The van der Waals surface area contributed by atoms with E-state index in [4.69, 9.17) is 0 Å². The minimum absolute atomic E-state index is 0.573. The topological polar surface area (TPSA) is 39.1 Å². The summed E-state index contributed by atoms with van der Waals surface area (Å²) in [6.45, 7) is 0. The van der Waals surface area contributed by atoms with E-state index in [2.05, 4.69) is 0 Å². The smallest absolute Gasteiger partial charge is 0.218 e. The third kappa shape index (κ3) is 1.29. The van der Waals surface area contributed by atoms with Crippen LogP contribution in [0.5, 0.6) is 0 Å². The molecule has 82 valence electrons. The van der Waals surface area contributed by atoms with Crippen molar-refractivity contribution in [2.75, 3.05) is 0 Å². The van der Waals surface area contributed by atoms with Crippen LogP contribution in [0.4, 0.5) is 0 Å². The Bertz CT molecular complexity index is 740. The van der Waals surface area contributed by atoms with Gasteiger partial charge in [0.1, 0.15) is 6.29 Å². The van der Waals surface area contributed by atoms with Crippen LogP contribution in [0, 0.1) is 0 Å². The second-order valence-corrected chi connectivity index (χ2v) is 3.89. The number of benzene rings is 2. The molecular weight excluding hydrogens is 214 g/mol. The number of hydrogen-bond donors (Lipinski definition) is 0. The lowest BCUT2D eigenvalue weighted by atomic mass is 10.1. The van der Waals surface area contributed by atoms with Gasteiger partial charge in [-0.3, -0.25) is 14.2 Å². The van der Waals surface area contributed by atoms with E-state index in [0.29, 0.717) is 5.56 Å². The summed E-state index contributed by atoms with van der Waals surface area (Å²) in [5, 5.41) is 2.00. The highest BCUT2D eigenvalue weighted by atomic mass is 16.1. The molecular formula is C14H9NO2. The average molecular weight is 223 g/mol. The maximum atomic E-state index is 11.2. The number of hydrogen-bond acceptors (Lipinski definition) is 2. The fraction of sp³-hybridized carbons (Fsp3) is 0. The number of aldehydes is 1. The number of carbonyl (C=O) groups is 2. The molecule has 0 aliphatic carbocycles. The van der Waals surface area contributed by atoms with E-state index in [0.717, 1.165) is 34.5 Å². The van der Waals surface area contributed by atoms with E-state index in [-0.39, 0.29) is 0 Å². The van der Waals surface area contributed by atoms with Crippen molar-refractivity contribution in [3.8, 4) is 0 Å². The molecule has 17 heavy (non-hydrogen) atoms. The third-order valence-electron chi connectivity index (χ3n) is 2.98. The highest BCUT2D eigenvalue weighted by Gasteiger charge is 2.09. The molecule has 0 N–H and O–H groups in total. The second-order valence-electron chi connectivity index (χ2n) is 3.89. The molecule has 0 amide bonds. The fourth-order valence-corrected chi connectivity index (χ4v) is 2.20. The molecule has 0 saturated carbocycles. The van der Waals surface area contributed by atoms with Gasteiger partial charge in [0.25, 0.3) is 0 Å². The van der Waals surface area contributed by atoms with Crippen molar-refractivity contribution in [3.05, 3.63) is 48.0 Å². The molecule has 0 fully saturated rings. The van der Waals surface area contributed by atoms with Crippen LogP contribution in [0.2, 0.25) is 0 Å². The van der Waals surface area contributed by atoms with Gasteiger partial charge in [-0.2, -0.15) is 0 Å². The Morgan fingerprint density at radius 1 is 0.882 bits per heavy atom. The molecule has 0 saturated heterocycles. The lowest BCUT2D eigenvalue weighted by molar-refractivity contribution is 0.112. The summed E-state index contributed by atoms with van der Waals surface area (Å²) in [6, 6.07) is 13.1. The molecule has 3 aromatic rings. The summed E-state index contributed by atoms with van der Waals surface area (Å²) < 4.78 is 1.57. The molecule has 0 bridgehead atoms. The van der Waals surface area contributed by atoms with E-state index in [9.17, 15) is 9.59 Å². The molecule has 1 heterocycles. The first kappa shape index (κ1) is 9.78. The van der Waals surface area contributed by atoms with E-state index in [1.807, 2.05) is 30.3 Å². The summed E-state index contributed by atoms with van der Waals surface area (Å²) in [5.41, 5.74) is 2.20. The van der Waals surface area contributed by atoms with Gasteiger partial charge in [-0.15, -0.1) is 0 Å². The summed E-state index contributed by atoms with van der Waals surface area (Å²) in [4.78, 5) is 21.9. The standard InChI is InChI=1S/C14H9NO2/c16-8-10-5-6-12-11-3-1-2-4-13(11)15(9-17)14(12)7-10/h1-9H. The zero-order valence-electron chi connectivity index (χ0n) is 8.96. The first-order valence-electron chi connectivity index (χ1n) is 5.28. The van der Waals surface area contributed by atoms with Gasteiger partial charge in [0.05, 0.1) is 11.0 Å². The molecule has 0 aliphatic heterocycles. The number of rotatable bonds is 2. The monoisotopic (exact) mass is 223 g/mol. The third-order valence-corrected chi connectivity index (χ3v) is 2.98. The van der Waals surface area contributed by atoms with E-state index in [1.54, 1.807) is 16.7 Å². The van der Waals surface area contributed by atoms with Gasteiger partial charge in [-0.05, 0) is 12.1 Å². The number of nitrogens with zero attached hydrogens (tertiary/aromatic N) is 1. The van der Waals surface area contributed by atoms with E-state index >= 15 is 0 Å². The normalized spacial score (nSPS) is 10.8. The Morgan fingerprint density at radius 2 is 1.65 bits per heavy atom. The summed E-state index contributed by atoms with van der Waals surface area (Å²) in [7, 11) is 0. The van der Waals surface area contributed by atoms with Gasteiger partial charge < -0.3 is 0 Å². The molecule has 0 atom stereocenters. The van der Waals surface area contributed by atoms with Gasteiger partial charge in [0.15, 0.2) is 0 Å². The van der Waals surface area contributed by atoms with Crippen LogP contribution in [0.15, 0.2) is 42.5 Å². The first-order chi connectivity index (χ1) is 8.35. The summed E-state index contributed by atoms with van der Waals surface area (Å²) in [6.07, 6.45) is 1.56. The van der Waals surface area contributed by atoms with Crippen molar-refractivity contribution >= 4 is 34.5 Å². The first-order valence-corrected chi connectivity index (χ1v) is 5.28. The molecule has 1 aromatic heterocycles. The fourth-order valence-electron chi connectivity index (χ4n) is 2.20. The van der Waals surface area contributed by atoms with Gasteiger partial charge in [-0.25, -0.2) is 0 Å². The van der Waals surface area contributed by atoms with Gasteiger partial charge >= 0.3 is 0 Å². The minimum atomic E-state index is 0.573. The number of fused-ring (bicyclic) bond motifs is 3. The zero-order valence-corrected chi connectivity index (χ0v) is 8.96. The number of carbonyl (C=O) groups excluding carboxylic acids is 2. The highest BCUT2D eigenvalue weighted by molar-refractivity contribution is 6.11. The average Bonchev–Trinajstić information content (AvgIpc) is 2.71. The van der Waals surface area contributed by atoms with Crippen LogP contribution in [0.1, 0.15) is 10.4 Å². The lowest BCUT2D eigenvalue weighted by Gasteiger charge is -1.96. The van der Waals surface area contributed by atoms with Crippen LogP contribution < -0.4 is 0 Å². The Hall–Kier alpha value is -2.42. The minimum Gasteiger partial charge on any atom is -0.298 e. The van der Waals surface area contributed by atoms with E-state index in [1.165, 1.54) is 0 Å². The predicted octanol–water partition coefficient (Wildman–Crippen LogP) is 2.65. The number of para-hydroxylation sites is 1. The van der Waals surface area contributed by atoms with Crippen molar-refractivity contribution in [1.82, 2.24) is 4.57 Å². The Morgan fingerprint density at radius 3 is 2.41 bits per heavy atom. The molecule has 3 nitrogen and oxygen atoms in total. The Labute approximate surface area is 97.3 Å². The molecule has 3 heteroatoms. The molecule has 3 rings (SSSR count). The van der Waals surface area contributed by atoms with Crippen molar-refractivity contribution in [3.63, 3.8) is 0 Å². The SMILES string of the molecule is O=Cc1ccc2c3ccccc3n(C=O)c2c1. The maximum Gasteiger partial charge on any atom is 0.218 e. The quantitative estimate of drug-likeness (QED) is 0.626. The van der Waals surface area contributed by atoms with Crippen LogP contribution in [-0.4, -0.2) is 17.3 Å². The predicted molar refractivity (Wildman–Crippen MR) is 67.0 cm³/mol. The number of aromatic nitrogens is 1. The van der Waals surface area contributed by atoms with E-state index < -0.39 is 0 Å². The lowest BCUT2D eigenvalue weighted by Crippen LogP contribution is -1.93. The Kier molecular flexibility index (Phi) is 2.05. The molecule has 2 aromatic carbocycles. The molecule has 0 spiro atoms. The van der Waals surface area contributed by atoms with Gasteiger partial charge in [0.2, 0.25) is 6.41 Å². The van der Waals surface area contributed by atoms with Crippen molar-refractivity contribution in [2.45, 2.75) is 0 Å². The van der Waals surface area contributed by atoms with Gasteiger partial charge in [0, 0.05) is 16.3 Å². The Balaban J connectivity index is 2.58.